The maximum atomic E-state index is 3.36. The molecule has 1 saturated heterocycles. The number of anilines is 1. The average molecular weight is 233 g/mol. The normalized spacial score (nSPS) is 20.8. The van der Waals surface area contributed by atoms with E-state index in [0.29, 0.717) is 6.04 Å². The van der Waals surface area contributed by atoms with Gasteiger partial charge in [-0.3, -0.25) is 4.90 Å². The van der Waals surface area contributed by atoms with Crippen LogP contribution in [0.4, 0.5) is 5.69 Å². The Morgan fingerprint density at radius 2 is 2.00 bits per heavy atom. The van der Waals surface area contributed by atoms with Gasteiger partial charge in [-0.05, 0) is 31.2 Å². The second-order valence-electron chi connectivity index (χ2n) is 5.07. The van der Waals surface area contributed by atoms with Gasteiger partial charge >= 0.3 is 0 Å². The number of nitrogens with one attached hydrogen (secondary N) is 1. The second-order valence-corrected chi connectivity index (χ2v) is 5.07. The van der Waals surface area contributed by atoms with Gasteiger partial charge in [0.05, 0.1) is 0 Å². The van der Waals surface area contributed by atoms with Crippen LogP contribution in [0.2, 0.25) is 0 Å². The minimum Gasteiger partial charge on any atom is -0.378 e. The smallest absolute Gasteiger partial charge is 0.0361 e. The van der Waals surface area contributed by atoms with E-state index in [1.54, 1.807) is 0 Å². The third kappa shape index (κ3) is 3.20. The number of nitrogens with zero attached hydrogens (tertiary/aromatic N) is 2. The Morgan fingerprint density at radius 1 is 1.29 bits per heavy atom. The van der Waals surface area contributed by atoms with Gasteiger partial charge in [0, 0.05) is 45.5 Å². The summed E-state index contributed by atoms with van der Waals surface area (Å²) in [5, 5.41) is 3.36. The van der Waals surface area contributed by atoms with Crippen molar-refractivity contribution in [2.24, 2.45) is 0 Å². The van der Waals surface area contributed by atoms with Gasteiger partial charge in [0.15, 0.2) is 0 Å². The van der Waals surface area contributed by atoms with E-state index in [9.17, 15) is 0 Å². The number of hydrogen-bond donors (Lipinski definition) is 1. The fourth-order valence-corrected chi connectivity index (χ4v) is 2.37. The van der Waals surface area contributed by atoms with Crippen LogP contribution in [0.15, 0.2) is 24.3 Å². The first-order valence-corrected chi connectivity index (χ1v) is 6.35. The molecule has 17 heavy (non-hydrogen) atoms. The molecule has 1 atom stereocenters. The fraction of sp³-hybridized carbons (Fsp3) is 0.571. The zero-order valence-electron chi connectivity index (χ0n) is 11.1. The van der Waals surface area contributed by atoms with Crippen LogP contribution in [0, 0.1) is 0 Å². The minimum atomic E-state index is 0.677. The first-order chi connectivity index (χ1) is 8.19. The Labute approximate surface area is 104 Å². The molecule has 2 rings (SSSR count). The van der Waals surface area contributed by atoms with Gasteiger partial charge in [-0.15, -0.1) is 0 Å². The van der Waals surface area contributed by atoms with Crippen LogP contribution >= 0.6 is 0 Å². The zero-order chi connectivity index (χ0) is 12.3. The number of likely N-dealkylation sites (N-methyl/N-ethyl adjacent to an activating group) is 1. The standard InChI is InChI=1S/C14H23N3/c1-15-13-8-9-17(11-13)10-12-4-6-14(7-5-12)16(2)3/h4-7,13,15H,8-11H2,1-3H3. The van der Waals surface area contributed by atoms with Crippen LogP contribution in [0.5, 0.6) is 0 Å². The summed E-state index contributed by atoms with van der Waals surface area (Å²) in [7, 11) is 6.21. The van der Waals surface area contributed by atoms with Crippen molar-refractivity contribution in [3.8, 4) is 0 Å². The molecule has 1 aromatic rings. The molecule has 0 aliphatic carbocycles. The van der Waals surface area contributed by atoms with Gasteiger partial charge in [0.1, 0.15) is 0 Å². The Balaban J connectivity index is 1.91. The first-order valence-electron chi connectivity index (χ1n) is 6.35. The van der Waals surface area contributed by atoms with Crippen LogP contribution in [0.25, 0.3) is 0 Å². The summed E-state index contributed by atoms with van der Waals surface area (Å²) in [5.74, 6) is 0. The van der Waals surface area contributed by atoms with Crippen LogP contribution in [-0.4, -0.2) is 45.2 Å². The number of hydrogen-bond acceptors (Lipinski definition) is 3. The largest absolute Gasteiger partial charge is 0.378 e. The third-order valence-electron chi connectivity index (χ3n) is 3.54. The summed E-state index contributed by atoms with van der Waals surface area (Å²) in [5.41, 5.74) is 2.68. The van der Waals surface area contributed by atoms with Crippen LogP contribution in [0.3, 0.4) is 0 Å². The third-order valence-corrected chi connectivity index (χ3v) is 3.54. The summed E-state index contributed by atoms with van der Waals surface area (Å²) in [6, 6.07) is 9.54. The Kier molecular flexibility index (Phi) is 4.02. The molecule has 1 heterocycles. The number of rotatable bonds is 4. The first kappa shape index (κ1) is 12.4. The molecule has 1 unspecified atom stereocenters. The van der Waals surface area contributed by atoms with Crippen molar-refractivity contribution in [3.05, 3.63) is 29.8 Å². The average Bonchev–Trinajstić information content (AvgIpc) is 2.77. The molecule has 1 fully saturated rings. The van der Waals surface area contributed by atoms with Gasteiger partial charge in [-0.25, -0.2) is 0 Å². The fourth-order valence-electron chi connectivity index (χ4n) is 2.37. The van der Waals surface area contributed by atoms with Crippen LogP contribution in [-0.2, 0) is 6.54 Å². The summed E-state index contributed by atoms with van der Waals surface area (Å²) in [6.45, 7) is 3.46. The lowest BCUT2D eigenvalue weighted by molar-refractivity contribution is 0.322. The lowest BCUT2D eigenvalue weighted by Crippen LogP contribution is -2.29. The van der Waals surface area contributed by atoms with Crippen molar-refractivity contribution in [1.82, 2.24) is 10.2 Å². The minimum absolute atomic E-state index is 0.677. The highest BCUT2D eigenvalue weighted by Gasteiger charge is 2.20. The Bertz CT molecular complexity index is 345. The quantitative estimate of drug-likeness (QED) is 0.851. The van der Waals surface area contributed by atoms with Crippen molar-refractivity contribution < 1.29 is 0 Å². The number of likely N-dealkylation sites (tertiary alicyclic amines) is 1. The van der Waals surface area contributed by atoms with E-state index in [1.807, 2.05) is 0 Å². The lowest BCUT2D eigenvalue weighted by Gasteiger charge is -2.17. The van der Waals surface area contributed by atoms with Gasteiger partial charge in [-0.2, -0.15) is 0 Å². The molecule has 0 amide bonds. The molecule has 94 valence electrons. The Morgan fingerprint density at radius 3 is 2.53 bits per heavy atom. The van der Waals surface area contributed by atoms with Gasteiger partial charge < -0.3 is 10.2 Å². The molecule has 0 saturated carbocycles. The summed E-state index contributed by atoms with van der Waals surface area (Å²) in [6.07, 6.45) is 1.27. The van der Waals surface area contributed by atoms with E-state index in [-0.39, 0.29) is 0 Å². The predicted octanol–water partition coefficient (Wildman–Crippen LogP) is 1.55. The highest BCUT2D eigenvalue weighted by molar-refractivity contribution is 5.45. The van der Waals surface area contributed by atoms with Crippen LogP contribution < -0.4 is 10.2 Å². The maximum absolute atomic E-state index is 3.36. The molecule has 0 bridgehead atoms. The molecule has 1 aliphatic heterocycles. The molecule has 3 heteroatoms. The molecule has 1 N–H and O–H groups in total. The van der Waals surface area contributed by atoms with Gasteiger partial charge in [0.2, 0.25) is 0 Å². The molecular weight excluding hydrogens is 210 g/mol. The van der Waals surface area contributed by atoms with E-state index >= 15 is 0 Å². The molecule has 0 aromatic heterocycles. The van der Waals surface area contributed by atoms with Crippen molar-refractivity contribution in [1.29, 1.82) is 0 Å². The molecular formula is C14H23N3. The van der Waals surface area contributed by atoms with E-state index in [2.05, 4.69) is 60.5 Å². The monoisotopic (exact) mass is 233 g/mol. The van der Waals surface area contributed by atoms with E-state index in [0.717, 1.165) is 6.54 Å². The number of benzene rings is 1. The van der Waals surface area contributed by atoms with Crippen molar-refractivity contribution in [2.75, 3.05) is 39.1 Å². The maximum Gasteiger partial charge on any atom is 0.0361 e. The molecule has 1 aliphatic rings. The summed E-state index contributed by atoms with van der Waals surface area (Å²) in [4.78, 5) is 4.66. The molecule has 3 nitrogen and oxygen atoms in total. The SMILES string of the molecule is CNC1CCN(Cc2ccc(N(C)C)cc2)C1. The Hall–Kier alpha value is -1.06. The zero-order valence-corrected chi connectivity index (χ0v) is 11.1. The van der Waals surface area contributed by atoms with Crippen molar-refractivity contribution in [3.63, 3.8) is 0 Å². The molecule has 1 aromatic carbocycles. The second kappa shape index (κ2) is 5.52. The summed E-state index contributed by atoms with van der Waals surface area (Å²) < 4.78 is 0. The molecule has 0 spiro atoms. The van der Waals surface area contributed by atoms with Gasteiger partial charge in [-0.1, -0.05) is 12.1 Å². The highest BCUT2D eigenvalue weighted by atomic mass is 15.2. The predicted molar refractivity (Wildman–Crippen MR) is 73.5 cm³/mol. The van der Waals surface area contributed by atoms with E-state index < -0.39 is 0 Å². The highest BCUT2D eigenvalue weighted by Crippen LogP contribution is 2.16. The lowest BCUT2D eigenvalue weighted by atomic mass is 10.2. The van der Waals surface area contributed by atoms with Gasteiger partial charge in [0.25, 0.3) is 0 Å². The van der Waals surface area contributed by atoms with Crippen LogP contribution in [0.1, 0.15) is 12.0 Å². The van der Waals surface area contributed by atoms with E-state index in [1.165, 1.54) is 30.8 Å². The molecule has 0 radical (unpaired) electrons. The van der Waals surface area contributed by atoms with E-state index in [4.69, 9.17) is 0 Å². The topological polar surface area (TPSA) is 18.5 Å². The summed E-state index contributed by atoms with van der Waals surface area (Å²) >= 11 is 0. The van der Waals surface area contributed by atoms with Crippen molar-refractivity contribution >= 4 is 5.69 Å². The van der Waals surface area contributed by atoms with Crippen molar-refractivity contribution in [2.45, 2.75) is 19.0 Å².